The van der Waals surface area contributed by atoms with Gasteiger partial charge in [0.15, 0.2) is 0 Å². The topological polar surface area (TPSA) is 38.9 Å². The van der Waals surface area contributed by atoms with Crippen molar-refractivity contribution in [3.05, 3.63) is 36.4 Å². The monoisotopic (exact) mass is 277 g/mol. The van der Waals surface area contributed by atoms with E-state index in [1.54, 1.807) is 0 Å². The van der Waals surface area contributed by atoms with Gasteiger partial charge in [-0.15, -0.1) is 0 Å². The van der Waals surface area contributed by atoms with Gasteiger partial charge in [0.2, 0.25) is 0 Å². The molecule has 0 radical (unpaired) electrons. The van der Waals surface area contributed by atoms with E-state index in [4.69, 9.17) is 0 Å². The molecule has 0 aliphatic heterocycles. The maximum atomic E-state index is 4.41. The SMILES string of the molecule is C.Cn1ccnc1CN(Cc1nccn1C)C(C)(C)C. The van der Waals surface area contributed by atoms with Gasteiger partial charge in [0.25, 0.3) is 0 Å². The van der Waals surface area contributed by atoms with Crippen molar-refractivity contribution >= 4 is 0 Å². The first kappa shape index (κ1) is 16.4. The zero-order valence-corrected chi connectivity index (χ0v) is 12.5. The summed E-state index contributed by atoms with van der Waals surface area (Å²) in [6, 6.07) is 0. The second kappa shape index (κ2) is 6.22. The van der Waals surface area contributed by atoms with E-state index in [1.165, 1.54) is 0 Å². The van der Waals surface area contributed by atoms with Crippen LogP contribution in [0.5, 0.6) is 0 Å². The van der Waals surface area contributed by atoms with Gasteiger partial charge >= 0.3 is 0 Å². The molecule has 0 fully saturated rings. The molecule has 2 rings (SSSR count). The number of hydrogen-bond donors (Lipinski definition) is 0. The van der Waals surface area contributed by atoms with E-state index in [2.05, 4.69) is 44.8 Å². The van der Waals surface area contributed by atoms with Crippen molar-refractivity contribution < 1.29 is 0 Å². The minimum absolute atomic E-state index is 0. The number of rotatable bonds is 4. The Morgan fingerprint density at radius 1 is 0.950 bits per heavy atom. The van der Waals surface area contributed by atoms with Crippen molar-refractivity contribution in [3.63, 3.8) is 0 Å². The Morgan fingerprint density at radius 3 is 1.60 bits per heavy atom. The Balaban J connectivity index is 0.00000200. The molecule has 0 amide bonds. The second-order valence-electron chi connectivity index (χ2n) is 5.94. The molecule has 0 spiro atoms. The van der Waals surface area contributed by atoms with E-state index >= 15 is 0 Å². The van der Waals surface area contributed by atoms with Crippen LogP contribution in [0.1, 0.15) is 39.8 Å². The largest absolute Gasteiger partial charge is 0.337 e. The quantitative estimate of drug-likeness (QED) is 0.862. The maximum Gasteiger partial charge on any atom is 0.122 e. The van der Waals surface area contributed by atoms with Gasteiger partial charge in [-0.1, -0.05) is 7.43 Å². The van der Waals surface area contributed by atoms with E-state index < -0.39 is 0 Å². The van der Waals surface area contributed by atoms with Crippen LogP contribution >= 0.6 is 0 Å². The standard InChI is InChI=1S/C14H23N5.CH4/c1-14(2,3)19(10-12-15-6-8-17(12)4)11-13-16-7-9-18(13)5;/h6-9H,10-11H2,1-5H3;1H4. The minimum atomic E-state index is 0. The molecule has 2 heterocycles. The molecule has 0 atom stereocenters. The fourth-order valence-electron chi connectivity index (χ4n) is 1.97. The van der Waals surface area contributed by atoms with Crippen LogP contribution in [0.4, 0.5) is 0 Å². The highest BCUT2D eigenvalue weighted by atomic mass is 15.2. The number of hydrogen-bond acceptors (Lipinski definition) is 3. The number of nitrogens with zero attached hydrogens (tertiary/aromatic N) is 5. The van der Waals surface area contributed by atoms with Crippen LogP contribution in [0.3, 0.4) is 0 Å². The summed E-state index contributed by atoms with van der Waals surface area (Å²) < 4.78 is 4.13. The van der Waals surface area contributed by atoms with Crippen molar-refractivity contribution in [1.29, 1.82) is 0 Å². The molecule has 5 heteroatoms. The number of imidazole rings is 2. The van der Waals surface area contributed by atoms with Crippen LogP contribution < -0.4 is 0 Å². The Morgan fingerprint density at radius 2 is 1.35 bits per heavy atom. The molecule has 112 valence electrons. The summed E-state index contributed by atoms with van der Waals surface area (Å²) in [6.07, 6.45) is 7.65. The van der Waals surface area contributed by atoms with Gasteiger partial charge in [-0.05, 0) is 20.8 Å². The Labute approximate surface area is 122 Å². The van der Waals surface area contributed by atoms with E-state index in [-0.39, 0.29) is 13.0 Å². The molecule has 0 aromatic carbocycles. The highest BCUT2D eigenvalue weighted by molar-refractivity contribution is 4.97. The summed E-state index contributed by atoms with van der Waals surface area (Å²) in [5, 5.41) is 0. The zero-order valence-electron chi connectivity index (χ0n) is 12.5. The molecule has 0 saturated carbocycles. The molecule has 0 aliphatic rings. The molecule has 0 unspecified atom stereocenters. The average molecular weight is 277 g/mol. The molecule has 0 saturated heterocycles. The van der Waals surface area contributed by atoms with Crippen molar-refractivity contribution in [1.82, 2.24) is 24.0 Å². The summed E-state index contributed by atoms with van der Waals surface area (Å²) in [5.41, 5.74) is 0.0674. The molecule has 0 N–H and O–H groups in total. The first-order chi connectivity index (χ1) is 8.88. The first-order valence-electron chi connectivity index (χ1n) is 6.55. The van der Waals surface area contributed by atoms with Gasteiger partial charge < -0.3 is 9.13 Å². The van der Waals surface area contributed by atoms with Crippen LogP contribution in [0.15, 0.2) is 24.8 Å². The first-order valence-corrected chi connectivity index (χ1v) is 6.55. The number of aromatic nitrogens is 4. The Bertz CT molecular complexity index is 490. The summed E-state index contributed by atoms with van der Waals surface area (Å²) in [6.45, 7) is 8.30. The lowest BCUT2D eigenvalue weighted by Crippen LogP contribution is -2.41. The second-order valence-corrected chi connectivity index (χ2v) is 5.94. The zero-order chi connectivity index (χ0) is 14.0. The predicted octanol–water partition coefficient (Wildman–Crippen LogP) is 2.59. The van der Waals surface area contributed by atoms with Gasteiger partial charge in [-0.25, -0.2) is 9.97 Å². The summed E-state index contributed by atoms with van der Waals surface area (Å²) in [4.78, 5) is 11.2. The number of aryl methyl sites for hydroxylation is 2. The highest BCUT2D eigenvalue weighted by Crippen LogP contribution is 2.19. The smallest absolute Gasteiger partial charge is 0.122 e. The van der Waals surface area contributed by atoms with E-state index in [0.717, 1.165) is 24.7 Å². The minimum Gasteiger partial charge on any atom is -0.337 e. The van der Waals surface area contributed by atoms with Crippen molar-refractivity contribution in [2.24, 2.45) is 14.1 Å². The van der Waals surface area contributed by atoms with Gasteiger partial charge in [0.05, 0.1) is 13.1 Å². The lowest BCUT2D eigenvalue weighted by Gasteiger charge is -2.35. The van der Waals surface area contributed by atoms with Crippen LogP contribution in [-0.4, -0.2) is 29.5 Å². The normalized spacial score (nSPS) is 11.7. The maximum absolute atomic E-state index is 4.41. The van der Waals surface area contributed by atoms with E-state index in [1.807, 2.05) is 38.9 Å². The molecule has 2 aromatic rings. The van der Waals surface area contributed by atoms with Crippen LogP contribution in [-0.2, 0) is 27.2 Å². The van der Waals surface area contributed by atoms with Crippen molar-refractivity contribution in [3.8, 4) is 0 Å². The lowest BCUT2D eigenvalue weighted by atomic mass is 10.1. The molecule has 0 aliphatic carbocycles. The molecule has 20 heavy (non-hydrogen) atoms. The van der Waals surface area contributed by atoms with Crippen molar-refractivity contribution in [2.75, 3.05) is 0 Å². The van der Waals surface area contributed by atoms with Crippen molar-refractivity contribution in [2.45, 2.75) is 46.8 Å². The predicted molar refractivity (Wildman–Crippen MR) is 82.1 cm³/mol. The van der Waals surface area contributed by atoms with Gasteiger partial charge in [-0.3, -0.25) is 4.90 Å². The Hall–Kier alpha value is -1.62. The lowest BCUT2D eigenvalue weighted by molar-refractivity contribution is 0.109. The van der Waals surface area contributed by atoms with Crippen LogP contribution in [0.2, 0.25) is 0 Å². The van der Waals surface area contributed by atoms with Crippen LogP contribution in [0, 0.1) is 0 Å². The van der Waals surface area contributed by atoms with E-state index in [9.17, 15) is 0 Å². The third-order valence-electron chi connectivity index (χ3n) is 3.46. The van der Waals surface area contributed by atoms with Crippen LogP contribution in [0.25, 0.3) is 0 Å². The third kappa shape index (κ3) is 3.70. The molecule has 2 aromatic heterocycles. The van der Waals surface area contributed by atoms with E-state index in [0.29, 0.717) is 0 Å². The summed E-state index contributed by atoms with van der Waals surface area (Å²) in [7, 11) is 4.06. The molecular formula is C15H27N5. The Kier molecular flexibility index (Phi) is 5.11. The highest BCUT2D eigenvalue weighted by Gasteiger charge is 2.24. The summed E-state index contributed by atoms with van der Waals surface area (Å²) in [5.74, 6) is 2.15. The third-order valence-corrected chi connectivity index (χ3v) is 3.46. The van der Waals surface area contributed by atoms with Gasteiger partial charge in [0.1, 0.15) is 11.6 Å². The average Bonchev–Trinajstić information content (AvgIpc) is 2.87. The van der Waals surface area contributed by atoms with Gasteiger partial charge in [0, 0.05) is 44.4 Å². The molecule has 5 nitrogen and oxygen atoms in total. The molecular weight excluding hydrogens is 250 g/mol. The fraction of sp³-hybridized carbons (Fsp3) is 0.600. The fourth-order valence-corrected chi connectivity index (χ4v) is 1.97. The van der Waals surface area contributed by atoms with Gasteiger partial charge in [-0.2, -0.15) is 0 Å². The molecule has 0 bridgehead atoms. The summed E-state index contributed by atoms with van der Waals surface area (Å²) >= 11 is 0.